The second kappa shape index (κ2) is 9.91. The molecular weight excluding hydrogens is 302 g/mol. The standard InChI is InChI=1S/C20H27NO3/c1-16(19(22)21-18-13-6-3-7-14-18)10-8-9-15-24-20(23)17-11-4-2-5-12-17/h2,4-5,11-12,18H,1,3,6-10,13-15H2,(H,21,22). The smallest absolute Gasteiger partial charge is 0.338 e. The number of rotatable bonds is 8. The third kappa shape index (κ3) is 6.19. The summed E-state index contributed by atoms with van der Waals surface area (Å²) in [6.45, 7) is 4.25. The van der Waals surface area contributed by atoms with E-state index in [9.17, 15) is 9.59 Å². The highest BCUT2D eigenvalue weighted by Crippen LogP contribution is 2.18. The lowest BCUT2D eigenvalue weighted by Gasteiger charge is -2.23. The Morgan fingerprint density at radius 2 is 1.79 bits per heavy atom. The Morgan fingerprint density at radius 1 is 1.08 bits per heavy atom. The normalized spacial score (nSPS) is 14.8. The van der Waals surface area contributed by atoms with Crippen LogP contribution in [0.4, 0.5) is 0 Å². The van der Waals surface area contributed by atoms with Crippen molar-refractivity contribution in [3.8, 4) is 0 Å². The fourth-order valence-corrected chi connectivity index (χ4v) is 2.91. The quantitative estimate of drug-likeness (QED) is 0.445. The lowest BCUT2D eigenvalue weighted by Crippen LogP contribution is -2.36. The molecule has 2 rings (SSSR count). The second-order valence-corrected chi connectivity index (χ2v) is 6.37. The van der Waals surface area contributed by atoms with Crippen molar-refractivity contribution < 1.29 is 14.3 Å². The first kappa shape index (κ1) is 18.2. The van der Waals surface area contributed by atoms with Crippen LogP contribution < -0.4 is 5.32 Å². The summed E-state index contributed by atoms with van der Waals surface area (Å²) in [6.07, 6.45) is 7.99. The minimum atomic E-state index is -0.301. The third-order valence-electron chi connectivity index (χ3n) is 4.38. The van der Waals surface area contributed by atoms with Gasteiger partial charge in [0.15, 0.2) is 0 Å². The van der Waals surface area contributed by atoms with Crippen molar-refractivity contribution in [1.29, 1.82) is 0 Å². The van der Waals surface area contributed by atoms with E-state index in [1.165, 1.54) is 19.3 Å². The van der Waals surface area contributed by atoms with Gasteiger partial charge in [-0.2, -0.15) is 0 Å². The number of unbranched alkanes of at least 4 members (excludes halogenated alkanes) is 1. The number of nitrogens with one attached hydrogen (secondary N) is 1. The highest BCUT2D eigenvalue weighted by molar-refractivity contribution is 5.92. The number of benzene rings is 1. The van der Waals surface area contributed by atoms with Crippen molar-refractivity contribution in [1.82, 2.24) is 5.32 Å². The van der Waals surface area contributed by atoms with Gasteiger partial charge in [0.2, 0.25) is 5.91 Å². The second-order valence-electron chi connectivity index (χ2n) is 6.37. The molecule has 1 saturated carbocycles. The third-order valence-corrected chi connectivity index (χ3v) is 4.38. The van der Waals surface area contributed by atoms with E-state index >= 15 is 0 Å². The highest BCUT2D eigenvalue weighted by atomic mass is 16.5. The van der Waals surface area contributed by atoms with Crippen LogP contribution in [0.25, 0.3) is 0 Å². The fraction of sp³-hybridized carbons (Fsp3) is 0.500. The Balaban J connectivity index is 1.57. The number of hydrogen-bond donors (Lipinski definition) is 1. The van der Waals surface area contributed by atoms with E-state index in [0.717, 1.165) is 25.7 Å². The Morgan fingerprint density at radius 3 is 2.50 bits per heavy atom. The maximum absolute atomic E-state index is 12.1. The molecule has 0 radical (unpaired) electrons. The number of carbonyl (C=O) groups excluding carboxylic acids is 2. The summed E-state index contributed by atoms with van der Waals surface area (Å²) < 4.78 is 5.22. The lowest BCUT2D eigenvalue weighted by molar-refractivity contribution is -0.118. The van der Waals surface area contributed by atoms with Gasteiger partial charge in [0.25, 0.3) is 0 Å². The van der Waals surface area contributed by atoms with Gasteiger partial charge in [-0.05, 0) is 44.2 Å². The molecule has 0 spiro atoms. The molecule has 0 aromatic heterocycles. The molecule has 0 heterocycles. The average Bonchev–Trinajstić information content (AvgIpc) is 2.62. The van der Waals surface area contributed by atoms with E-state index < -0.39 is 0 Å². The van der Waals surface area contributed by atoms with Crippen LogP contribution in [0.3, 0.4) is 0 Å². The van der Waals surface area contributed by atoms with Gasteiger partial charge in [0, 0.05) is 11.6 Å². The summed E-state index contributed by atoms with van der Waals surface area (Å²) in [6, 6.07) is 9.27. The first-order chi connectivity index (χ1) is 11.7. The molecule has 1 aromatic carbocycles. The SMILES string of the molecule is C=C(CCCCOC(=O)c1ccccc1)C(=O)NC1CCCCC1. The lowest BCUT2D eigenvalue weighted by atomic mass is 9.95. The van der Waals surface area contributed by atoms with Gasteiger partial charge in [0.05, 0.1) is 12.2 Å². The summed E-state index contributed by atoms with van der Waals surface area (Å²) >= 11 is 0. The van der Waals surface area contributed by atoms with Crippen LogP contribution in [0.2, 0.25) is 0 Å². The van der Waals surface area contributed by atoms with E-state index in [2.05, 4.69) is 11.9 Å². The first-order valence-electron chi connectivity index (χ1n) is 8.87. The van der Waals surface area contributed by atoms with Gasteiger partial charge in [-0.1, -0.05) is 44.0 Å². The number of ether oxygens (including phenoxy) is 1. The topological polar surface area (TPSA) is 55.4 Å². The van der Waals surface area contributed by atoms with Crippen molar-refractivity contribution in [2.75, 3.05) is 6.61 Å². The average molecular weight is 329 g/mol. The van der Waals surface area contributed by atoms with Gasteiger partial charge in [-0.25, -0.2) is 4.79 Å². The molecule has 1 amide bonds. The molecule has 1 N–H and O–H groups in total. The molecule has 1 aliphatic rings. The molecule has 0 aliphatic heterocycles. The van der Waals surface area contributed by atoms with Crippen LogP contribution in [-0.4, -0.2) is 24.5 Å². The van der Waals surface area contributed by atoms with Crippen molar-refractivity contribution in [3.05, 3.63) is 48.0 Å². The van der Waals surface area contributed by atoms with Gasteiger partial charge in [-0.15, -0.1) is 0 Å². The summed E-state index contributed by atoms with van der Waals surface area (Å²) in [7, 11) is 0. The van der Waals surface area contributed by atoms with Gasteiger partial charge >= 0.3 is 5.97 Å². The van der Waals surface area contributed by atoms with Gasteiger partial charge in [-0.3, -0.25) is 4.79 Å². The van der Waals surface area contributed by atoms with Gasteiger partial charge in [0.1, 0.15) is 0 Å². The minimum Gasteiger partial charge on any atom is -0.462 e. The predicted octanol–water partition coefficient (Wildman–Crippen LogP) is 4.02. The molecule has 130 valence electrons. The molecular formula is C20H27NO3. The molecule has 0 saturated heterocycles. The Bertz CT molecular complexity index is 547. The van der Waals surface area contributed by atoms with Crippen LogP contribution in [0.5, 0.6) is 0 Å². The van der Waals surface area contributed by atoms with Crippen molar-refractivity contribution in [2.45, 2.75) is 57.4 Å². The van der Waals surface area contributed by atoms with Crippen LogP contribution >= 0.6 is 0 Å². The van der Waals surface area contributed by atoms with Gasteiger partial charge < -0.3 is 10.1 Å². The van der Waals surface area contributed by atoms with E-state index in [1.54, 1.807) is 12.1 Å². The van der Waals surface area contributed by atoms with Crippen LogP contribution in [0.1, 0.15) is 61.7 Å². The summed E-state index contributed by atoms with van der Waals surface area (Å²) in [5.41, 5.74) is 1.18. The summed E-state index contributed by atoms with van der Waals surface area (Å²) in [5.74, 6) is -0.326. The maximum Gasteiger partial charge on any atom is 0.338 e. The zero-order valence-electron chi connectivity index (χ0n) is 14.3. The molecule has 0 unspecified atom stereocenters. The number of hydrogen-bond acceptors (Lipinski definition) is 3. The molecule has 0 atom stereocenters. The van der Waals surface area contributed by atoms with Crippen LogP contribution in [0, 0.1) is 0 Å². The predicted molar refractivity (Wildman–Crippen MR) is 94.7 cm³/mol. The minimum absolute atomic E-state index is 0.0248. The summed E-state index contributed by atoms with van der Waals surface area (Å²) in [4.78, 5) is 23.8. The van der Waals surface area contributed by atoms with E-state index in [-0.39, 0.29) is 11.9 Å². The van der Waals surface area contributed by atoms with E-state index in [4.69, 9.17) is 4.74 Å². The monoisotopic (exact) mass is 329 g/mol. The zero-order chi connectivity index (χ0) is 17.2. The van der Waals surface area contributed by atoms with Crippen molar-refractivity contribution in [3.63, 3.8) is 0 Å². The van der Waals surface area contributed by atoms with E-state index in [1.807, 2.05) is 18.2 Å². The Kier molecular flexibility index (Phi) is 7.53. The molecule has 4 heteroatoms. The molecule has 0 bridgehead atoms. The summed E-state index contributed by atoms with van der Waals surface area (Å²) in [5, 5.41) is 3.08. The molecule has 4 nitrogen and oxygen atoms in total. The number of amides is 1. The molecule has 1 aliphatic carbocycles. The first-order valence-corrected chi connectivity index (χ1v) is 8.87. The van der Waals surface area contributed by atoms with Crippen LogP contribution in [-0.2, 0) is 9.53 Å². The van der Waals surface area contributed by atoms with E-state index in [0.29, 0.717) is 30.2 Å². The molecule has 1 aromatic rings. The molecule has 24 heavy (non-hydrogen) atoms. The Labute approximate surface area is 144 Å². The van der Waals surface area contributed by atoms with Crippen LogP contribution in [0.15, 0.2) is 42.5 Å². The highest BCUT2D eigenvalue weighted by Gasteiger charge is 2.16. The van der Waals surface area contributed by atoms with Crippen molar-refractivity contribution in [2.24, 2.45) is 0 Å². The van der Waals surface area contributed by atoms with Crippen molar-refractivity contribution >= 4 is 11.9 Å². The largest absolute Gasteiger partial charge is 0.462 e. The zero-order valence-corrected chi connectivity index (χ0v) is 14.3. The fourth-order valence-electron chi connectivity index (χ4n) is 2.91. The molecule has 1 fully saturated rings. The number of carbonyl (C=O) groups is 2. The number of esters is 1. The maximum atomic E-state index is 12.1. The Hall–Kier alpha value is -2.10.